The molecule has 0 fully saturated rings. The highest BCUT2D eigenvalue weighted by molar-refractivity contribution is 9.10. The first kappa shape index (κ1) is 16.9. The van der Waals surface area contributed by atoms with E-state index in [0.29, 0.717) is 0 Å². The van der Waals surface area contributed by atoms with E-state index in [1.165, 1.54) is 33.4 Å². The summed E-state index contributed by atoms with van der Waals surface area (Å²) in [5.41, 5.74) is 10.9. The summed E-state index contributed by atoms with van der Waals surface area (Å²) >= 11 is 7.24. The van der Waals surface area contributed by atoms with Gasteiger partial charge in [0.15, 0.2) is 5.65 Å². The average molecular weight is 492 g/mol. The van der Waals surface area contributed by atoms with Crippen molar-refractivity contribution in [1.82, 2.24) is 9.97 Å². The Kier molecular flexibility index (Phi) is 3.75. The molecular weight excluding hydrogens is 476 g/mol. The van der Waals surface area contributed by atoms with Gasteiger partial charge in [-0.1, -0.05) is 44.0 Å². The third kappa shape index (κ3) is 2.58. The molecule has 0 aliphatic heterocycles. The van der Waals surface area contributed by atoms with E-state index < -0.39 is 0 Å². The molecule has 4 heteroatoms. The molecule has 0 saturated heterocycles. The first-order valence-electron chi connectivity index (χ1n) is 9.57. The standard InChI is InChI=1S/C24H16Br2N2/c25-18-7-5-13-1-3-15-9-17-10-16-4-2-14-6-8-19(26)12-21(14)23(16)28-24(17)27-22(15)20(13)11-18/h5-12H,1-4H2. The lowest BCUT2D eigenvalue weighted by Gasteiger charge is -2.22. The number of aromatic nitrogens is 2. The first-order chi connectivity index (χ1) is 13.7. The van der Waals surface area contributed by atoms with E-state index in [-0.39, 0.29) is 0 Å². The molecule has 0 amide bonds. The average Bonchev–Trinajstić information content (AvgIpc) is 2.71. The van der Waals surface area contributed by atoms with Crippen LogP contribution in [-0.4, -0.2) is 9.97 Å². The van der Waals surface area contributed by atoms with Crippen molar-refractivity contribution >= 4 is 42.9 Å². The zero-order chi connectivity index (χ0) is 18.8. The van der Waals surface area contributed by atoms with Crippen LogP contribution in [0.1, 0.15) is 22.3 Å². The molecule has 136 valence electrons. The number of aryl methyl sites for hydroxylation is 4. The fourth-order valence-electron chi connectivity index (χ4n) is 4.55. The number of nitrogens with zero attached hydrogens (tertiary/aromatic N) is 2. The molecule has 0 spiro atoms. The van der Waals surface area contributed by atoms with Crippen molar-refractivity contribution in [1.29, 1.82) is 0 Å². The van der Waals surface area contributed by atoms with E-state index >= 15 is 0 Å². The van der Waals surface area contributed by atoms with Gasteiger partial charge in [-0.15, -0.1) is 0 Å². The predicted molar refractivity (Wildman–Crippen MR) is 121 cm³/mol. The largest absolute Gasteiger partial charge is 0.228 e. The molecule has 2 aliphatic carbocycles. The minimum Gasteiger partial charge on any atom is -0.228 e. The topological polar surface area (TPSA) is 25.8 Å². The minimum atomic E-state index is 0.846. The van der Waals surface area contributed by atoms with Crippen LogP contribution in [0.2, 0.25) is 0 Å². The number of hydrogen-bond donors (Lipinski definition) is 0. The Balaban J connectivity index is 1.60. The summed E-state index contributed by atoms with van der Waals surface area (Å²) in [6, 6.07) is 17.7. The van der Waals surface area contributed by atoms with Crippen LogP contribution in [0, 0.1) is 0 Å². The lowest BCUT2D eigenvalue weighted by atomic mass is 9.87. The molecule has 2 aromatic carbocycles. The van der Waals surface area contributed by atoms with E-state index in [2.05, 4.69) is 80.4 Å². The third-order valence-electron chi connectivity index (χ3n) is 5.94. The molecule has 2 aromatic heterocycles. The number of fused-ring (bicyclic) bond motifs is 7. The summed E-state index contributed by atoms with van der Waals surface area (Å²) in [4.78, 5) is 10.1. The quantitative estimate of drug-likeness (QED) is 0.274. The van der Waals surface area contributed by atoms with Crippen molar-refractivity contribution < 1.29 is 0 Å². The second kappa shape index (κ2) is 6.23. The molecular formula is C24H16Br2N2. The monoisotopic (exact) mass is 490 g/mol. The Morgan fingerprint density at radius 1 is 0.571 bits per heavy atom. The first-order valence-corrected chi connectivity index (χ1v) is 11.2. The number of benzene rings is 2. The Bertz CT molecular complexity index is 1200. The predicted octanol–water partition coefficient (Wildman–Crippen LogP) is 6.69. The van der Waals surface area contributed by atoms with Crippen LogP contribution in [0.5, 0.6) is 0 Å². The number of rotatable bonds is 0. The summed E-state index contributed by atoms with van der Waals surface area (Å²) in [6.07, 6.45) is 4.23. The number of pyridine rings is 2. The molecule has 2 heterocycles. The molecule has 28 heavy (non-hydrogen) atoms. The zero-order valence-corrected chi connectivity index (χ0v) is 18.3. The van der Waals surface area contributed by atoms with Gasteiger partial charge in [-0.05, 0) is 84.3 Å². The van der Waals surface area contributed by atoms with Gasteiger partial charge in [0.05, 0.1) is 11.4 Å². The summed E-state index contributed by atoms with van der Waals surface area (Å²) in [5.74, 6) is 0. The smallest absolute Gasteiger partial charge is 0.160 e. The summed E-state index contributed by atoms with van der Waals surface area (Å²) in [7, 11) is 0. The second-order valence-corrected chi connectivity index (χ2v) is 9.47. The lowest BCUT2D eigenvalue weighted by Crippen LogP contribution is -2.09. The molecule has 0 N–H and O–H groups in total. The Morgan fingerprint density at radius 3 is 1.54 bits per heavy atom. The Morgan fingerprint density at radius 2 is 1.04 bits per heavy atom. The second-order valence-electron chi connectivity index (χ2n) is 7.64. The zero-order valence-electron chi connectivity index (χ0n) is 15.1. The minimum absolute atomic E-state index is 0.846. The van der Waals surface area contributed by atoms with Crippen LogP contribution in [-0.2, 0) is 25.7 Å². The van der Waals surface area contributed by atoms with E-state index in [0.717, 1.165) is 57.0 Å². The van der Waals surface area contributed by atoms with Crippen molar-refractivity contribution in [2.75, 3.05) is 0 Å². The van der Waals surface area contributed by atoms with Crippen molar-refractivity contribution in [3.63, 3.8) is 0 Å². The van der Waals surface area contributed by atoms with Gasteiger partial charge in [0, 0.05) is 25.5 Å². The van der Waals surface area contributed by atoms with Crippen molar-refractivity contribution in [3.8, 4) is 22.5 Å². The molecule has 0 radical (unpaired) electrons. The molecule has 4 aromatic rings. The van der Waals surface area contributed by atoms with Crippen molar-refractivity contribution in [2.45, 2.75) is 25.7 Å². The van der Waals surface area contributed by atoms with Crippen LogP contribution in [0.3, 0.4) is 0 Å². The van der Waals surface area contributed by atoms with Gasteiger partial charge in [-0.3, -0.25) is 0 Å². The van der Waals surface area contributed by atoms with Crippen LogP contribution in [0.4, 0.5) is 0 Å². The van der Waals surface area contributed by atoms with Gasteiger partial charge in [-0.25, -0.2) is 9.97 Å². The summed E-state index contributed by atoms with van der Waals surface area (Å²) < 4.78 is 2.19. The maximum absolute atomic E-state index is 5.06. The molecule has 6 rings (SSSR count). The van der Waals surface area contributed by atoms with Crippen LogP contribution < -0.4 is 0 Å². The molecule has 0 saturated carbocycles. The normalized spacial score (nSPS) is 14.2. The Hall–Kier alpha value is -2.04. The van der Waals surface area contributed by atoms with Gasteiger partial charge >= 0.3 is 0 Å². The molecule has 2 aliphatic rings. The highest BCUT2D eigenvalue weighted by atomic mass is 79.9. The summed E-state index contributed by atoms with van der Waals surface area (Å²) in [6.45, 7) is 0. The van der Waals surface area contributed by atoms with Crippen LogP contribution in [0.25, 0.3) is 33.5 Å². The fourth-order valence-corrected chi connectivity index (χ4v) is 5.28. The van der Waals surface area contributed by atoms with Crippen LogP contribution >= 0.6 is 31.9 Å². The maximum atomic E-state index is 5.06. The highest BCUT2D eigenvalue weighted by Gasteiger charge is 2.22. The Labute approximate surface area is 180 Å². The fraction of sp³-hybridized carbons (Fsp3) is 0.167. The van der Waals surface area contributed by atoms with Gasteiger partial charge in [0.2, 0.25) is 0 Å². The molecule has 2 nitrogen and oxygen atoms in total. The van der Waals surface area contributed by atoms with E-state index in [1.54, 1.807) is 0 Å². The molecule has 0 atom stereocenters. The van der Waals surface area contributed by atoms with E-state index in [9.17, 15) is 0 Å². The van der Waals surface area contributed by atoms with Gasteiger partial charge < -0.3 is 0 Å². The number of halogens is 2. The molecule has 0 bridgehead atoms. The van der Waals surface area contributed by atoms with Gasteiger partial charge in [-0.2, -0.15) is 0 Å². The van der Waals surface area contributed by atoms with Crippen LogP contribution in [0.15, 0.2) is 57.5 Å². The van der Waals surface area contributed by atoms with Crippen molar-refractivity contribution in [2.24, 2.45) is 0 Å². The number of hydrogen-bond acceptors (Lipinski definition) is 2. The SMILES string of the molecule is Brc1ccc2c(c1)-c1nc3nc4c(cc3cc1CC2)CCc1ccc(Br)cc1-4. The highest BCUT2D eigenvalue weighted by Crippen LogP contribution is 2.38. The lowest BCUT2D eigenvalue weighted by molar-refractivity contribution is 0.921. The van der Waals surface area contributed by atoms with E-state index in [4.69, 9.17) is 9.97 Å². The maximum Gasteiger partial charge on any atom is 0.160 e. The summed E-state index contributed by atoms with van der Waals surface area (Å²) in [5, 5.41) is 1.16. The molecule has 0 unspecified atom stereocenters. The van der Waals surface area contributed by atoms with Crippen molar-refractivity contribution in [3.05, 3.63) is 79.7 Å². The van der Waals surface area contributed by atoms with Gasteiger partial charge in [0.25, 0.3) is 0 Å². The third-order valence-corrected chi connectivity index (χ3v) is 6.93. The van der Waals surface area contributed by atoms with E-state index in [1.807, 2.05) is 0 Å². The van der Waals surface area contributed by atoms with Gasteiger partial charge in [0.1, 0.15) is 0 Å².